The maximum absolute atomic E-state index is 12.7. The predicted octanol–water partition coefficient (Wildman–Crippen LogP) is 0.524. The quantitative estimate of drug-likeness (QED) is 0.595. The molecule has 0 aliphatic heterocycles. The Bertz CT molecular complexity index is 936. The van der Waals surface area contributed by atoms with E-state index in [1.54, 1.807) is 0 Å². The molecule has 0 spiro atoms. The molecule has 2 aromatic carbocycles. The smallest absolute Gasteiger partial charge is 0.248 e. The van der Waals surface area contributed by atoms with Gasteiger partial charge in [0, 0.05) is 31.7 Å². The molecule has 0 saturated carbocycles. The summed E-state index contributed by atoms with van der Waals surface area (Å²) in [5.74, 6) is -0.693. The molecule has 1 amide bonds. The number of aliphatic hydroxyl groups is 1. The summed E-state index contributed by atoms with van der Waals surface area (Å²) in [5.41, 5.74) is 7.96. The van der Waals surface area contributed by atoms with Crippen LogP contribution < -0.4 is 11.1 Å². The third kappa shape index (κ3) is 4.59. The molecular weight excluding hydrogens is 378 g/mol. The Morgan fingerprint density at radius 2 is 1.86 bits per heavy atom. The number of carbonyl (C=O) groups is 1. The fourth-order valence-electron chi connectivity index (χ4n) is 3.46. The number of sulfonamides is 1. The molecule has 0 aromatic heterocycles. The van der Waals surface area contributed by atoms with Gasteiger partial charge in [-0.25, -0.2) is 8.42 Å². The van der Waals surface area contributed by atoms with E-state index in [4.69, 9.17) is 5.73 Å². The van der Waals surface area contributed by atoms with Gasteiger partial charge in [-0.1, -0.05) is 30.3 Å². The molecule has 28 heavy (non-hydrogen) atoms. The van der Waals surface area contributed by atoms with Crippen molar-refractivity contribution in [3.8, 4) is 0 Å². The van der Waals surface area contributed by atoms with Crippen molar-refractivity contribution in [2.75, 3.05) is 20.1 Å². The number of rotatable bonds is 8. The summed E-state index contributed by atoms with van der Waals surface area (Å²) in [7, 11) is -2.43. The Morgan fingerprint density at radius 3 is 2.46 bits per heavy atom. The maximum atomic E-state index is 12.7. The molecule has 0 bridgehead atoms. The van der Waals surface area contributed by atoms with E-state index in [2.05, 4.69) is 17.4 Å². The molecule has 4 N–H and O–H groups in total. The zero-order valence-corrected chi connectivity index (χ0v) is 16.5. The fraction of sp³-hybridized carbons (Fsp3) is 0.350. The van der Waals surface area contributed by atoms with Crippen molar-refractivity contribution in [3.63, 3.8) is 0 Å². The molecule has 8 heteroatoms. The van der Waals surface area contributed by atoms with Crippen molar-refractivity contribution in [2.45, 2.75) is 29.9 Å². The first-order valence-corrected chi connectivity index (χ1v) is 10.6. The first-order chi connectivity index (χ1) is 13.3. The molecule has 0 fully saturated rings. The number of primary amides is 1. The van der Waals surface area contributed by atoms with Crippen molar-refractivity contribution in [1.29, 1.82) is 0 Å². The van der Waals surface area contributed by atoms with E-state index in [0.29, 0.717) is 6.54 Å². The molecule has 1 aliphatic carbocycles. The number of hydrogen-bond acceptors (Lipinski definition) is 5. The van der Waals surface area contributed by atoms with Crippen LogP contribution in [-0.2, 0) is 22.9 Å². The van der Waals surface area contributed by atoms with E-state index in [0.717, 1.165) is 17.1 Å². The van der Waals surface area contributed by atoms with Crippen LogP contribution in [0.25, 0.3) is 0 Å². The number of nitrogens with zero attached hydrogens (tertiary/aromatic N) is 1. The summed E-state index contributed by atoms with van der Waals surface area (Å²) in [4.78, 5) is 11.3. The van der Waals surface area contributed by atoms with Gasteiger partial charge in [-0.15, -0.1) is 0 Å². The molecule has 3 rings (SSSR count). The van der Waals surface area contributed by atoms with Crippen LogP contribution in [0.2, 0.25) is 0 Å². The van der Waals surface area contributed by atoms with Gasteiger partial charge in [0.2, 0.25) is 15.9 Å². The monoisotopic (exact) mass is 403 g/mol. The molecule has 0 saturated heterocycles. The number of nitrogens with two attached hydrogens (primary N) is 1. The van der Waals surface area contributed by atoms with E-state index in [9.17, 15) is 18.3 Å². The lowest BCUT2D eigenvalue weighted by Gasteiger charge is -2.22. The van der Waals surface area contributed by atoms with Gasteiger partial charge in [0.25, 0.3) is 0 Å². The SMILES string of the molecule is CN(CC(O)CNC1Cc2ccccc2C1)S(=O)(=O)c1cccc(C(N)=O)c1. The molecular formula is C20H25N3O4S. The Morgan fingerprint density at radius 1 is 1.21 bits per heavy atom. The van der Waals surface area contributed by atoms with Crippen molar-refractivity contribution in [1.82, 2.24) is 9.62 Å². The molecule has 7 nitrogen and oxygen atoms in total. The lowest BCUT2D eigenvalue weighted by atomic mass is 10.1. The number of benzene rings is 2. The lowest BCUT2D eigenvalue weighted by molar-refractivity contribution is 0.1000. The molecule has 1 atom stereocenters. The number of amides is 1. The van der Waals surface area contributed by atoms with E-state index >= 15 is 0 Å². The lowest BCUT2D eigenvalue weighted by Crippen LogP contribution is -2.42. The van der Waals surface area contributed by atoms with Gasteiger partial charge >= 0.3 is 0 Å². The second-order valence-corrected chi connectivity index (χ2v) is 9.16. The van der Waals surface area contributed by atoms with E-state index < -0.39 is 22.0 Å². The molecule has 0 radical (unpaired) electrons. The third-order valence-electron chi connectivity index (χ3n) is 4.99. The Hall–Kier alpha value is -2.26. The van der Waals surface area contributed by atoms with Gasteiger partial charge in [-0.05, 0) is 42.2 Å². The maximum Gasteiger partial charge on any atom is 0.248 e. The van der Waals surface area contributed by atoms with Gasteiger partial charge in [-0.2, -0.15) is 4.31 Å². The van der Waals surface area contributed by atoms with Crippen molar-refractivity contribution in [3.05, 3.63) is 65.2 Å². The minimum Gasteiger partial charge on any atom is -0.390 e. The van der Waals surface area contributed by atoms with Crippen LogP contribution in [0.15, 0.2) is 53.4 Å². The predicted molar refractivity (Wildman–Crippen MR) is 106 cm³/mol. The summed E-state index contributed by atoms with van der Waals surface area (Å²) in [6.07, 6.45) is 0.941. The van der Waals surface area contributed by atoms with Crippen LogP contribution in [0.3, 0.4) is 0 Å². The largest absolute Gasteiger partial charge is 0.390 e. The van der Waals surface area contributed by atoms with Gasteiger partial charge in [-0.3, -0.25) is 4.79 Å². The topological polar surface area (TPSA) is 113 Å². The summed E-state index contributed by atoms with van der Waals surface area (Å²) in [5, 5.41) is 13.6. The number of likely N-dealkylation sites (N-methyl/N-ethyl adjacent to an activating group) is 1. The average Bonchev–Trinajstić information content (AvgIpc) is 3.09. The highest BCUT2D eigenvalue weighted by Crippen LogP contribution is 2.21. The Labute approximate surface area is 165 Å². The van der Waals surface area contributed by atoms with Gasteiger partial charge in [0.1, 0.15) is 0 Å². The van der Waals surface area contributed by atoms with Crippen molar-refractivity contribution in [2.24, 2.45) is 5.73 Å². The minimum absolute atomic E-state index is 0.0299. The Kier molecular flexibility index (Phi) is 6.14. The van der Waals surface area contributed by atoms with Gasteiger partial charge in [0.05, 0.1) is 11.0 Å². The summed E-state index contributed by atoms with van der Waals surface area (Å²) in [6, 6.07) is 14.1. The van der Waals surface area contributed by atoms with Crippen molar-refractivity contribution < 1.29 is 18.3 Å². The van der Waals surface area contributed by atoms with E-state index in [1.807, 2.05) is 12.1 Å². The highest BCUT2D eigenvalue weighted by atomic mass is 32.2. The second-order valence-electron chi connectivity index (χ2n) is 7.11. The van der Waals surface area contributed by atoms with Crippen LogP contribution in [0.5, 0.6) is 0 Å². The van der Waals surface area contributed by atoms with Crippen LogP contribution in [0, 0.1) is 0 Å². The number of carbonyl (C=O) groups excluding carboxylic acids is 1. The van der Waals surface area contributed by atoms with Crippen LogP contribution in [0.1, 0.15) is 21.5 Å². The molecule has 150 valence electrons. The summed E-state index contributed by atoms with van der Waals surface area (Å²) < 4.78 is 26.5. The number of aliphatic hydroxyl groups excluding tert-OH is 1. The normalized spacial score (nSPS) is 15.5. The third-order valence-corrected chi connectivity index (χ3v) is 6.81. The second kappa shape index (κ2) is 8.40. The molecule has 2 aromatic rings. The van der Waals surface area contributed by atoms with Crippen LogP contribution >= 0.6 is 0 Å². The number of nitrogens with one attached hydrogen (secondary N) is 1. The fourth-order valence-corrected chi connectivity index (χ4v) is 4.71. The zero-order chi connectivity index (χ0) is 20.3. The van der Waals surface area contributed by atoms with Crippen LogP contribution in [0.4, 0.5) is 0 Å². The standard InChI is InChI=1S/C20H25N3O4S/c1-23(28(26,27)19-8-4-7-16(11-19)20(21)25)13-18(24)12-22-17-9-14-5-2-3-6-15(14)10-17/h2-8,11,17-18,22,24H,9-10,12-13H2,1H3,(H2,21,25). The number of hydrogen-bond donors (Lipinski definition) is 3. The highest BCUT2D eigenvalue weighted by Gasteiger charge is 2.25. The first-order valence-electron chi connectivity index (χ1n) is 9.12. The molecule has 1 unspecified atom stereocenters. The Balaban J connectivity index is 1.56. The zero-order valence-electron chi connectivity index (χ0n) is 15.7. The highest BCUT2D eigenvalue weighted by molar-refractivity contribution is 7.89. The molecule has 1 aliphatic rings. The van der Waals surface area contributed by atoms with Crippen molar-refractivity contribution >= 4 is 15.9 Å². The van der Waals surface area contributed by atoms with E-state index in [-0.39, 0.29) is 23.0 Å². The van der Waals surface area contributed by atoms with E-state index in [1.165, 1.54) is 42.4 Å². The van der Waals surface area contributed by atoms with Gasteiger partial charge < -0.3 is 16.2 Å². The minimum atomic E-state index is -3.83. The summed E-state index contributed by atoms with van der Waals surface area (Å²) in [6.45, 7) is 0.232. The first kappa shape index (κ1) is 20.5. The molecule has 0 heterocycles. The number of fused-ring (bicyclic) bond motifs is 1. The van der Waals surface area contributed by atoms with Gasteiger partial charge in [0.15, 0.2) is 0 Å². The average molecular weight is 404 g/mol. The van der Waals surface area contributed by atoms with Crippen LogP contribution in [-0.4, -0.2) is 56.0 Å². The summed E-state index contributed by atoms with van der Waals surface area (Å²) >= 11 is 0.